The van der Waals surface area contributed by atoms with Gasteiger partial charge < -0.3 is 5.32 Å². The molecule has 1 amide bonds. The SMILES string of the molecule is Cc1cc2cn[nH]c2c2c1NC(=O)C2=O. The summed E-state index contributed by atoms with van der Waals surface area (Å²) in [5.74, 6) is -1.07. The maximum absolute atomic E-state index is 11.6. The minimum atomic E-state index is -0.574. The molecule has 2 aromatic rings. The Morgan fingerprint density at radius 3 is 2.93 bits per heavy atom. The molecular weight excluding hydrogens is 194 g/mol. The van der Waals surface area contributed by atoms with Crippen molar-refractivity contribution in [3.05, 3.63) is 23.4 Å². The number of aryl methyl sites for hydroxylation is 1. The first kappa shape index (κ1) is 8.16. The summed E-state index contributed by atoms with van der Waals surface area (Å²) in [6.07, 6.45) is 1.64. The number of aromatic amines is 1. The third-order valence-electron chi connectivity index (χ3n) is 2.61. The Hall–Kier alpha value is -2.17. The first-order chi connectivity index (χ1) is 7.18. The second-order valence-corrected chi connectivity index (χ2v) is 3.56. The lowest BCUT2D eigenvalue weighted by Crippen LogP contribution is -2.12. The summed E-state index contributed by atoms with van der Waals surface area (Å²) in [6, 6.07) is 1.89. The topological polar surface area (TPSA) is 74.8 Å². The van der Waals surface area contributed by atoms with Crippen LogP contribution in [0.15, 0.2) is 12.3 Å². The van der Waals surface area contributed by atoms with Gasteiger partial charge in [0.15, 0.2) is 0 Å². The highest BCUT2D eigenvalue weighted by Crippen LogP contribution is 2.32. The van der Waals surface area contributed by atoms with Crippen LogP contribution in [0.3, 0.4) is 0 Å². The van der Waals surface area contributed by atoms with E-state index in [0.717, 1.165) is 10.9 Å². The number of ketones is 1. The van der Waals surface area contributed by atoms with Crippen molar-refractivity contribution in [3.63, 3.8) is 0 Å². The van der Waals surface area contributed by atoms with Gasteiger partial charge in [-0.1, -0.05) is 0 Å². The Morgan fingerprint density at radius 2 is 2.13 bits per heavy atom. The molecule has 0 spiro atoms. The number of rotatable bonds is 0. The molecule has 1 aliphatic rings. The highest BCUT2D eigenvalue weighted by atomic mass is 16.2. The zero-order valence-corrected chi connectivity index (χ0v) is 7.92. The normalized spacial score (nSPS) is 14.5. The average molecular weight is 201 g/mol. The van der Waals surface area contributed by atoms with E-state index in [-0.39, 0.29) is 0 Å². The van der Waals surface area contributed by atoms with Crippen LogP contribution in [0.1, 0.15) is 15.9 Å². The lowest BCUT2D eigenvalue weighted by molar-refractivity contribution is -0.112. The van der Waals surface area contributed by atoms with Crippen LogP contribution < -0.4 is 5.32 Å². The first-order valence-electron chi connectivity index (χ1n) is 4.51. The molecule has 0 atom stereocenters. The molecule has 0 saturated carbocycles. The van der Waals surface area contributed by atoms with Crippen LogP contribution in [-0.4, -0.2) is 21.9 Å². The molecule has 5 nitrogen and oxygen atoms in total. The number of aromatic nitrogens is 2. The number of hydrogen-bond acceptors (Lipinski definition) is 3. The van der Waals surface area contributed by atoms with Crippen LogP contribution in [0, 0.1) is 6.92 Å². The fraction of sp³-hybridized carbons (Fsp3) is 0.100. The van der Waals surface area contributed by atoms with Crippen molar-refractivity contribution in [2.45, 2.75) is 6.92 Å². The molecule has 0 aliphatic carbocycles. The van der Waals surface area contributed by atoms with E-state index in [9.17, 15) is 9.59 Å². The molecule has 2 heterocycles. The second-order valence-electron chi connectivity index (χ2n) is 3.56. The molecule has 0 saturated heterocycles. The molecule has 2 N–H and O–H groups in total. The molecule has 15 heavy (non-hydrogen) atoms. The highest BCUT2D eigenvalue weighted by molar-refractivity contribution is 6.53. The first-order valence-corrected chi connectivity index (χ1v) is 4.51. The molecule has 0 unspecified atom stereocenters. The summed E-state index contributed by atoms with van der Waals surface area (Å²) in [5.41, 5.74) is 2.51. The van der Waals surface area contributed by atoms with Crippen molar-refractivity contribution in [3.8, 4) is 0 Å². The number of amides is 1. The number of anilines is 1. The van der Waals surface area contributed by atoms with Gasteiger partial charge in [0.25, 0.3) is 11.7 Å². The van der Waals surface area contributed by atoms with Gasteiger partial charge in [-0.15, -0.1) is 0 Å². The fourth-order valence-corrected chi connectivity index (χ4v) is 1.90. The number of benzene rings is 1. The maximum atomic E-state index is 11.6. The van der Waals surface area contributed by atoms with E-state index < -0.39 is 11.7 Å². The third kappa shape index (κ3) is 0.890. The van der Waals surface area contributed by atoms with Crippen LogP contribution in [-0.2, 0) is 4.79 Å². The van der Waals surface area contributed by atoms with E-state index in [1.807, 2.05) is 13.0 Å². The van der Waals surface area contributed by atoms with Gasteiger partial charge >= 0.3 is 0 Å². The summed E-state index contributed by atoms with van der Waals surface area (Å²) < 4.78 is 0. The van der Waals surface area contributed by atoms with E-state index >= 15 is 0 Å². The van der Waals surface area contributed by atoms with Crippen LogP contribution in [0.4, 0.5) is 5.69 Å². The summed E-state index contributed by atoms with van der Waals surface area (Å²) in [6.45, 7) is 1.85. The summed E-state index contributed by atoms with van der Waals surface area (Å²) in [5, 5.41) is 10.0. The fourth-order valence-electron chi connectivity index (χ4n) is 1.90. The predicted molar refractivity (Wildman–Crippen MR) is 53.8 cm³/mol. The van der Waals surface area contributed by atoms with Crippen LogP contribution >= 0.6 is 0 Å². The van der Waals surface area contributed by atoms with Crippen molar-refractivity contribution in [1.29, 1.82) is 0 Å². The molecule has 1 aromatic carbocycles. The minimum absolute atomic E-state index is 0.410. The lowest BCUT2D eigenvalue weighted by Gasteiger charge is -2.02. The number of H-pyrrole nitrogens is 1. The van der Waals surface area contributed by atoms with Crippen LogP contribution in [0.5, 0.6) is 0 Å². The monoisotopic (exact) mass is 201 g/mol. The quantitative estimate of drug-likeness (QED) is 0.624. The van der Waals surface area contributed by atoms with E-state index in [0.29, 0.717) is 16.8 Å². The smallest absolute Gasteiger partial charge is 0.296 e. The zero-order valence-electron chi connectivity index (χ0n) is 7.92. The molecule has 0 radical (unpaired) electrons. The van der Waals surface area contributed by atoms with Crippen molar-refractivity contribution < 1.29 is 9.59 Å². The average Bonchev–Trinajstić information content (AvgIpc) is 2.74. The molecule has 1 aliphatic heterocycles. The molecule has 3 rings (SSSR count). The lowest BCUT2D eigenvalue weighted by atomic mass is 10.0. The van der Waals surface area contributed by atoms with Gasteiger partial charge in [0.05, 0.1) is 23.0 Å². The molecule has 0 fully saturated rings. The molecule has 1 aromatic heterocycles. The van der Waals surface area contributed by atoms with E-state index in [1.165, 1.54) is 0 Å². The van der Waals surface area contributed by atoms with Crippen molar-refractivity contribution >= 4 is 28.3 Å². The molecular formula is C10H7N3O2. The van der Waals surface area contributed by atoms with Gasteiger partial charge in [0.2, 0.25) is 0 Å². The maximum Gasteiger partial charge on any atom is 0.296 e. The van der Waals surface area contributed by atoms with Crippen molar-refractivity contribution in [2.24, 2.45) is 0 Å². The summed E-state index contributed by atoms with van der Waals surface area (Å²) in [7, 11) is 0. The second kappa shape index (κ2) is 2.44. The Labute approximate surface area is 84.5 Å². The standard InChI is InChI=1S/C10H7N3O2/c1-4-2-5-3-11-13-8(5)6-7(4)12-10(15)9(6)14/h2-3H,1H3,(H,11,13)(H,12,14,15). The molecule has 0 bridgehead atoms. The number of nitrogens with zero attached hydrogens (tertiary/aromatic N) is 1. The van der Waals surface area contributed by atoms with Crippen molar-refractivity contribution in [2.75, 3.05) is 5.32 Å². The van der Waals surface area contributed by atoms with Gasteiger partial charge in [-0.2, -0.15) is 5.10 Å². The van der Waals surface area contributed by atoms with Crippen LogP contribution in [0.25, 0.3) is 10.9 Å². The van der Waals surface area contributed by atoms with Gasteiger partial charge in [-0.05, 0) is 18.6 Å². The summed E-state index contributed by atoms with van der Waals surface area (Å²) in [4.78, 5) is 22.9. The van der Waals surface area contributed by atoms with Gasteiger partial charge in [-0.25, -0.2) is 0 Å². The van der Waals surface area contributed by atoms with Gasteiger partial charge in [0.1, 0.15) is 0 Å². The van der Waals surface area contributed by atoms with Gasteiger partial charge in [0, 0.05) is 5.39 Å². The number of carbonyl (C=O) groups is 2. The van der Waals surface area contributed by atoms with E-state index in [4.69, 9.17) is 0 Å². The van der Waals surface area contributed by atoms with E-state index in [2.05, 4.69) is 15.5 Å². The number of nitrogens with one attached hydrogen (secondary N) is 2. The van der Waals surface area contributed by atoms with E-state index in [1.54, 1.807) is 6.20 Å². The van der Waals surface area contributed by atoms with Crippen molar-refractivity contribution in [1.82, 2.24) is 10.2 Å². The Bertz CT molecular complexity index is 612. The number of fused-ring (bicyclic) bond motifs is 3. The Balaban J connectivity index is 2.50. The predicted octanol–water partition coefficient (Wildman–Crippen LogP) is 1.01. The minimum Gasteiger partial charge on any atom is -0.318 e. The summed E-state index contributed by atoms with van der Waals surface area (Å²) >= 11 is 0. The molecule has 74 valence electrons. The Kier molecular flexibility index (Phi) is 1.33. The molecule has 5 heteroatoms. The van der Waals surface area contributed by atoms with Gasteiger partial charge in [-0.3, -0.25) is 14.7 Å². The number of hydrogen-bond donors (Lipinski definition) is 2. The zero-order chi connectivity index (χ0) is 10.6. The number of Topliss-reactive ketones (excluding diaryl/α,β-unsaturated/α-hetero) is 1. The third-order valence-corrected chi connectivity index (χ3v) is 2.61. The van der Waals surface area contributed by atoms with Crippen LogP contribution in [0.2, 0.25) is 0 Å². The Morgan fingerprint density at radius 1 is 1.33 bits per heavy atom. The largest absolute Gasteiger partial charge is 0.318 e. The highest BCUT2D eigenvalue weighted by Gasteiger charge is 2.32. The number of carbonyl (C=O) groups excluding carboxylic acids is 2.